The minimum absolute atomic E-state index is 0.0776. The molecule has 0 fully saturated rings. The molecule has 0 aliphatic heterocycles. The molecule has 9 nitrogen and oxygen atoms in total. The highest BCUT2D eigenvalue weighted by molar-refractivity contribution is 5.95. The second-order valence-electron chi connectivity index (χ2n) is 3.85. The second-order valence-corrected chi connectivity index (χ2v) is 3.85. The van der Waals surface area contributed by atoms with Crippen LogP contribution in [-0.2, 0) is 0 Å². The summed E-state index contributed by atoms with van der Waals surface area (Å²) in [4.78, 5) is 29.2. The number of rotatable bonds is 5. The molecule has 2 rings (SSSR count). The monoisotopic (exact) mass is 289 g/mol. The standard InChI is InChI=1S/C12H11N5O4/c1-14-12-15-6-8(17(19)20)11(16-12)21-9-5-3-2-4-7(9)10(13)18/h2-6H,1H3,(H2,13,18)(H,14,15,16). The molecule has 0 spiro atoms. The Balaban J connectivity index is 2.48. The first-order valence-electron chi connectivity index (χ1n) is 5.78. The van der Waals surface area contributed by atoms with E-state index in [4.69, 9.17) is 10.5 Å². The molecule has 0 radical (unpaired) electrons. The highest BCUT2D eigenvalue weighted by Gasteiger charge is 2.21. The Hall–Kier alpha value is -3.23. The summed E-state index contributed by atoms with van der Waals surface area (Å²) in [5, 5.41) is 13.6. The number of nitrogens with one attached hydrogen (secondary N) is 1. The lowest BCUT2D eigenvalue weighted by Crippen LogP contribution is -2.12. The van der Waals surface area contributed by atoms with E-state index in [1.807, 2.05) is 0 Å². The summed E-state index contributed by atoms with van der Waals surface area (Å²) < 4.78 is 5.37. The van der Waals surface area contributed by atoms with Gasteiger partial charge in [0.2, 0.25) is 5.95 Å². The first-order valence-corrected chi connectivity index (χ1v) is 5.78. The molecule has 0 aliphatic carbocycles. The van der Waals surface area contributed by atoms with Crippen molar-refractivity contribution in [2.24, 2.45) is 5.73 Å². The van der Waals surface area contributed by atoms with Crippen molar-refractivity contribution in [3.63, 3.8) is 0 Å². The summed E-state index contributed by atoms with van der Waals surface area (Å²) in [7, 11) is 1.56. The number of nitrogens with zero attached hydrogens (tertiary/aromatic N) is 3. The average molecular weight is 289 g/mol. The fourth-order valence-electron chi connectivity index (χ4n) is 1.54. The summed E-state index contributed by atoms with van der Waals surface area (Å²) in [5.41, 5.74) is 4.90. The molecule has 0 aliphatic rings. The van der Waals surface area contributed by atoms with Crippen molar-refractivity contribution in [2.45, 2.75) is 0 Å². The molecule has 21 heavy (non-hydrogen) atoms. The van der Waals surface area contributed by atoms with Gasteiger partial charge < -0.3 is 15.8 Å². The molecular weight excluding hydrogens is 278 g/mol. The van der Waals surface area contributed by atoms with E-state index in [0.717, 1.165) is 6.20 Å². The maximum Gasteiger partial charge on any atom is 0.349 e. The van der Waals surface area contributed by atoms with Crippen LogP contribution >= 0.6 is 0 Å². The van der Waals surface area contributed by atoms with Gasteiger partial charge in [0.25, 0.3) is 5.91 Å². The van der Waals surface area contributed by atoms with Gasteiger partial charge in [0.1, 0.15) is 11.9 Å². The number of hydrogen-bond acceptors (Lipinski definition) is 7. The van der Waals surface area contributed by atoms with Gasteiger partial charge in [-0.2, -0.15) is 4.98 Å². The minimum atomic E-state index is -0.712. The largest absolute Gasteiger partial charge is 0.433 e. The van der Waals surface area contributed by atoms with E-state index < -0.39 is 16.5 Å². The van der Waals surface area contributed by atoms with E-state index in [1.54, 1.807) is 19.2 Å². The van der Waals surface area contributed by atoms with Crippen molar-refractivity contribution in [3.8, 4) is 11.6 Å². The van der Waals surface area contributed by atoms with Crippen LogP contribution in [0.2, 0.25) is 0 Å². The van der Waals surface area contributed by atoms with Gasteiger partial charge in [0.05, 0.1) is 10.5 Å². The Morgan fingerprint density at radius 3 is 2.76 bits per heavy atom. The predicted molar refractivity (Wildman–Crippen MR) is 73.3 cm³/mol. The Labute approximate surface area is 118 Å². The van der Waals surface area contributed by atoms with Crippen LogP contribution < -0.4 is 15.8 Å². The molecule has 1 aromatic carbocycles. The van der Waals surface area contributed by atoms with Crippen LogP contribution in [0.3, 0.4) is 0 Å². The maximum absolute atomic E-state index is 11.3. The molecule has 0 atom stereocenters. The van der Waals surface area contributed by atoms with Crippen molar-refractivity contribution in [1.82, 2.24) is 9.97 Å². The van der Waals surface area contributed by atoms with Gasteiger partial charge in [-0.25, -0.2) is 4.98 Å². The summed E-state index contributed by atoms with van der Waals surface area (Å²) in [6.07, 6.45) is 1.01. The fraction of sp³-hybridized carbons (Fsp3) is 0.0833. The predicted octanol–water partition coefficient (Wildman–Crippen LogP) is 1.32. The van der Waals surface area contributed by atoms with Crippen LogP contribution in [0.1, 0.15) is 10.4 Å². The van der Waals surface area contributed by atoms with Crippen molar-refractivity contribution >= 4 is 17.5 Å². The Bertz CT molecular complexity index is 704. The first kappa shape index (κ1) is 14.2. The molecule has 3 N–H and O–H groups in total. The first-order chi connectivity index (χ1) is 10.0. The van der Waals surface area contributed by atoms with E-state index >= 15 is 0 Å². The topological polar surface area (TPSA) is 133 Å². The number of aromatic nitrogens is 2. The lowest BCUT2D eigenvalue weighted by atomic mass is 10.2. The number of anilines is 1. The zero-order chi connectivity index (χ0) is 15.4. The normalized spacial score (nSPS) is 9.95. The molecule has 0 saturated heterocycles. The number of primary amides is 1. The van der Waals surface area contributed by atoms with Crippen molar-refractivity contribution in [2.75, 3.05) is 12.4 Å². The number of carbonyl (C=O) groups is 1. The maximum atomic E-state index is 11.3. The van der Waals surface area contributed by atoms with Crippen molar-refractivity contribution in [1.29, 1.82) is 0 Å². The van der Waals surface area contributed by atoms with E-state index in [-0.39, 0.29) is 23.1 Å². The number of amides is 1. The molecule has 0 bridgehead atoms. The molecule has 108 valence electrons. The Morgan fingerprint density at radius 2 is 2.14 bits per heavy atom. The van der Waals surface area contributed by atoms with Crippen LogP contribution in [0, 0.1) is 10.1 Å². The highest BCUT2D eigenvalue weighted by Crippen LogP contribution is 2.31. The molecule has 0 unspecified atom stereocenters. The third-order valence-electron chi connectivity index (χ3n) is 2.52. The van der Waals surface area contributed by atoms with Crippen LogP contribution in [0.15, 0.2) is 30.5 Å². The summed E-state index contributed by atoms with van der Waals surface area (Å²) >= 11 is 0. The van der Waals surface area contributed by atoms with Gasteiger partial charge >= 0.3 is 11.6 Å². The molecular formula is C12H11N5O4. The summed E-state index contributed by atoms with van der Waals surface area (Å²) in [6.45, 7) is 0. The van der Waals surface area contributed by atoms with Gasteiger partial charge in [-0.15, -0.1) is 0 Å². The van der Waals surface area contributed by atoms with Gasteiger partial charge in [-0.3, -0.25) is 14.9 Å². The van der Waals surface area contributed by atoms with Crippen LogP contribution in [-0.4, -0.2) is 27.8 Å². The molecule has 0 saturated carbocycles. The summed E-state index contributed by atoms with van der Waals surface area (Å²) in [6, 6.07) is 6.11. The number of para-hydroxylation sites is 1. The lowest BCUT2D eigenvalue weighted by Gasteiger charge is -2.09. The van der Waals surface area contributed by atoms with Gasteiger partial charge in [-0.1, -0.05) is 12.1 Å². The smallest absolute Gasteiger partial charge is 0.349 e. The Kier molecular flexibility index (Phi) is 3.93. The van der Waals surface area contributed by atoms with Crippen LogP contribution in [0.5, 0.6) is 11.6 Å². The van der Waals surface area contributed by atoms with Gasteiger partial charge in [0, 0.05) is 7.05 Å². The number of nitrogens with two attached hydrogens (primary N) is 1. The average Bonchev–Trinajstić information content (AvgIpc) is 2.47. The second kappa shape index (κ2) is 5.82. The molecule has 1 aromatic heterocycles. The number of hydrogen-bond donors (Lipinski definition) is 2. The quantitative estimate of drug-likeness (QED) is 0.626. The fourth-order valence-corrected chi connectivity index (χ4v) is 1.54. The zero-order valence-corrected chi connectivity index (χ0v) is 10.9. The Morgan fingerprint density at radius 1 is 1.43 bits per heavy atom. The zero-order valence-electron chi connectivity index (χ0n) is 10.9. The van der Waals surface area contributed by atoms with Crippen LogP contribution in [0.25, 0.3) is 0 Å². The highest BCUT2D eigenvalue weighted by atomic mass is 16.6. The van der Waals surface area contributed by atoms with Crippen molar-refractivity contribution in [3.05, 3.63) is 46.1 Å². The SMILES string of the molecule is CNc1ncc([N+](=O)[O-])c(Oc2ccccc2C(N)=O)n1. The van der Waals surface area contributed by atoms with E-state index in [2.05, 4.69) is 15.3 Å². The molecule has 1 amide bonds. The molecule has 9 heteroatoms. The molecule has 2 aromatic rings. The van der Waals surface area contributed by atoms with Crippen molar-refractivity contribution < 1.29 is 14.5 Å². The molecule has 1 heterocycles. The number of carbonyl (C=O) groups excluding carboxylic acids is 1. The number of nitro groups is 1. The third kappa shape index (κ3) is 3.03. The summed E-state index contributed by atoms with van der Waals surface area (Å²) in [5.74, 6) is -0.773. The van der Waals surface area contributed by atoms with Gasteiger partial charge in [0.15, 0.2) is 0 Å². The van der Waals surface area contributed by atoms with E-state index in [9.17, 15) is 14.9 Å². The number of benzene rings is 1. The van der Waals surface area contributed by atoms with Gasteiger partial charge in [-0.05, 0) is 12.1 Å². The third-order valence-corrected chi connectivity index (χ3v) is 2.52. The lowest BCUT2D eigenvalue weighted by molar-refractivity contribution is -0.386. The van der Waals surface area contributed by atoms with Crippen LogP contribution in [0.4, 0.5) is 11.6 Å². The van der Waals surface area contributed by atoms with E-state index in [1.165, 1.54) is 12.1 Å². The van der Waals surface area contributed by atoms with E-state index in [0.29, 0.717) is 0 Å². The number of ether oxygens (including phenoxy) is 1. The minimum Gasteiger partial charge on any atom is -0.433 e.